The second-order valence-electron chi connectivity index (χ2n) is 14.2. The number of allylic oxidation sites excluding steroid dienone is 6. The molecule has 30 heteroatoms. The lowest BCUT2D eigenvalue weighted by Crippen LogP contribution is -1.99. The molecule has 78 heavy (non-hydrogen) atoms. The Morgan fingerprint density at radius 2 is 0.372 bits per heavy atom. The number of carbonyl (C=O) groups excluding carboxylic acids is 12. The van der Waals surface area contributed by atoms with E-state index >= 15 is 0 Å². The van der Waals surface area contributed by atoms with Gasteiger partial charge in [0, 0.05) is 0 Å². The van der Waals surface area contributed by atoms with Crippen LogP contribution in [0.15, 0.2) is 131 Å². The Morgan fingerprint density at radius 1 is 0.269 bits per heavy atom. The van der Waals surface area contributed by atoms with Crippen LogP contribution in [-0.2, 0) is 114 Å². The Bertz CT molecular complexity index is 2470. The zero-order valence-corrected chi connectivity index (χ0v) is 52.0. The summed E-state index contributed by atoms with van der Waals surface area (Å²) >= 11 is 18.8. The van der Waals surface area contributed by atoms with Crippen molar-refractivity contribution >= 4 is 167 Å². The van der Waals surface area contributed by atoms with Crippen LogP contribution in [0.5, 0.6) is 0 Å². The Labute approximate surface area is 493 Å². The van der Waals surface area contributed by atoms with Crippen molar-refractivity contribution in [1.82, 2.24) is 0 Å². The normalized spacial score (nSPS) is 19.3. The van der Waals surface area contributed by atoms with Crippen LogP contribution in [0.2, 0.25) is 0 Å². The van der Waals surface area contributed by atoms with Gasteiger partial charge in [-0.3, -0.25) is 0 Å². The monoisotopic (exact) mass is 1480 g/mol. The lowest BCUT2D eigenvalue weighted by Gasteiger charge is -1.96. The Balaban J connectivity index is 0.000000468. The molecule has 6 rings (SSSR count). The van der Waals surface area contributed by atoms with E-state index in [0.717, 1.165) is 36.5 Å². The highest BCUT2D eigenvalue weighted by Gasteiger charge is 2.30. The average Bonchev–Trinajstić information content (AvgIpc) is 4.13. The minimum atomic E-state index is -0.561. The van der Waals surface area contributed by atoms with Gasteiger partial charge in [0.05, 0.1) is 139 Å². The molecule has 0 bridgehead atoms. The molecule has 6 heterocycles. The third kappa shape index (κ3) is 20.6. The van der Waals surface area contributed by atoms with Crippen LogP contribution in [0.3, 0.4) is 0 Å². The first-order valence-electron chi connectivity index (χ1n) is 20.7. The van der Waals surface area contributed by atoms with Gasteiger partial charge in [-0.1, -0.05) is 0 Å². The van der Waals surface area contributed by atoms with Gasteiger partial charge in [0.2, 0.25) is 0 Å². The van der Waals surface area contributed by atoms with Crippen molar-refractivity contribution in [3.63, 3.8) is 0 Å². The predicted octanol–water partition coefficient (Wildman–Crippen LogP) is 7.61. The number of rotatable bonds is 6. The molecule has 0 spiro atoms. The molecule has 0 saturated heterocycles. The maximum absolute atomic E-state index is 11.0. The smallest absolute Gasteiger partial charge is 0.340 e. The number of halogens is 6. The fourth-order valence-electron chi connectivity index (χ4n) is 4.53. The highest BCUT2D eigenvalue weighted by atomic mass is 79.9. The number of esters is 12. The van der Waals surface area contributed by atoms with Crippen LogP contribution in [-0.4, -0.2) is 114 Å². The highest BCUT2D eigenvalue weighted by molar-refractivity contribution is 9.12. The quantitative estimate of drug-likeness (QED) is 0.140. The number of cyclic esters (lactones) is 6. The second kappa shape index (κ2) is 33.0. The van der Waals surface area contributed by atoms with Gasteiger partial charge in [0.25, 0.3) is 0 Å². The van der Waals surface area contributed by atoms with Gasteiger partial charge >= 0.3 is 71.6 Å². The van der Waals surface area contributed by atoms with Crippen LogP contribution < -0.4 is 0 Å². The van der Waals surface area contributed by atoms with Crippen molar-refractivity contribution in [2.75, 3.05) is 42.7 Å². The molecule has 0 radical (unpaired) electrons. The summed E-state index contributed by atoms with van der Waals surface area (Å²) in [7, 11) is 7.50. The van der Waals surface area contributed by atoms with E-state index in [9.17, 15) is 57.5 Å². The van der Waals surface area contributed by atoms with Crippen molar-refractivity contribution in [2.24, 2.45) is 0 Å². The lowest BCUT2D eigenvalue weighted by molar-refractivity contribution is -0.137. The van der Waals surface area contributed by atoms with E-state index in [2.05, 4.69) is 124 Å². The molecule has 0 unspecified atom stereocenters. The zero-order valence-electron chi connectivity index (χ0n) is 42.5. The van der Waals surface area contributed by atoms with Gasteiger partial charge in [-0.05, 0) is 137 Å². The molecule has 0 saturated carbocycles. The van der Waals surface area contributed by atoms with Crippen molar-refractivity contribution in [1.29, 1.82) is 0 Å². The molecule has 0 atom stereocenters. The fourth-order valence-corrected chi connectivity index (χ4v) is 6.67. The van der Waals surface area contributed by atoms with E-state index in [-0.39, 0.29) is 34.6 Å². The largest absolute Gasteiger partial charge is 0.466 e. The Morgan fingerprint density at radius 3 is 0.436 bits per heavy atom. The Hall–Kier alpha value is -6.60. The molecule has 6 aliphatic heterocycles. The van der Waals surface area contributed by atoms with Gasteiger partial charge in [-0.2, -0.15) is 0 Å². The van der Waals surface area contributed by atoms with Crippen molar-refractivity contribution in [3.8, 4) is 0 Å². The topological polar surface area (TPSA) is 316 Å². The minimum Gasteiger partial charge on any atom is -0.466 e. The van der Waals surface area contributed by atoms with Crippen molar-refractivity contribution in [2.45, 2.75) is 41.5 Å². The molecule has 6 aliphatic rings. The zero-order chi connectivity index (χ0) is 60.0. The average molecular weight is 1480 g/mol. The van der Waals surface area contributed by atoms with Crippen molar-refractivity contribution in [3.05, 3.63) is 131 Å². The van der Waals surface area contributed by atoms with Crippen LogP contribution in [0.25, 0.3) is 0 Å². The summed E-state index contributed by atoms with van der Waals surface area (Å²) in [5, 5.41) is 0. The molecule has 0 fully saturated rings. The van der Waals surface area contributed by atoms with E-state index in [1.54, 1.807) is 41.5 Å². The van der Waals surface area contributed by atoms with Gasteiger partial charge in [-0.15, -0.1) is 0 Å². The van der Waals surface area contributed by atoms with E-state index in [1.165, 1.54) is 42.7 Å². The summed E-state index contributed by atoms with van der Waals surface area (Å²) in [6, 6.07) is 0. The molecule has 420 valence electrons. The molecule has 0 aromatic carbocycles. The summed E-state index contributed by atoms with van der Waals surface area (Å²) in [6.45, 7) is 9.61. The number of ether oxygens (including phenoxy) is 12. The first kappa shape index (κ1) is 69.4. The molecule has 0 aromatic heterocycles. The number of hydrogen-bond acceptors (Lipinski definition) is 24. The molecule has 0 aliphatic carbocycles. The molecular weight excluding hydrogens is 1440 g/mol. The van der Waals surface area contributed by atoms with E-state index < -0.39 is 71.6 Å². The van der Waals surface area contributed by atoms with Gasteiger partial charge in [0.1, 0.15) is 0 Å². The summed E-state index contributed by atoms with van der Waals surface area (Å²) in [4.78, 5) is 131. The third-order valence-electron chi connectivity index (χ3n) is 9.03. The van der Waals surface area contributed by atoms with E-state index in [4.69, 9.17) is 28.4 Å². The first-order chi connectivity index (χ1) is 36.3. The lowest BCUT2D eigenvalue weighted by atomic mass is 10.3. The van der Waals surface area contributed by atoms with Crippen LogP contribution in [0.4, 0.5) is 0 Å². The highest BCUT2D eigenvalue weighted by Crippen LogP contribution is 2.34. The van der Waals surface area contributed by atoms with Crippen LogP contribution in [0, 0.1) is 0 Å². The summed E-state index contributed by atoms with van der Waals surface area (Å²) in [6.07, 6.45) is 6.66. The van der Waals surface area contributed by atoms with Gasteiger partial charge < -0.3 is 56.8 Å². The second-order valence-corrected chi connectivity index (χ2v) is 18.9. The maximum Gasteiger partial charge on any atom is 0.340 e. The summed E-state index contributed by atoms with van der Waals surface area (Å²) in [5.74, 6) is -4.97. The Kier molecular flexibility index (Phi) is 29.3. The minimum absolute atomic E-state index is 0.189. The van der Waals surface area contributed by atoms with Crippen molar-refractivity contribution < 1.29 is 114 Å². The summed E-state index contributed by atoms with van der Waals surface area (Å²) in [5.41, 5.74) is 2.64. The van der Waals surface area contributed by atoms with Gasteiger partial charge in [-0.25, -0.2) is 57.5 Å². The number of hydrogen-bond donors (Lipinski definition) is 0. The van der Waals surface area contributed by atoms with E-state index in [1.807, 2.05) is 0 Å². The maximum atomic E-state index is 11.0. The van der Waals surface area contributed by atoms with Gasteiger partial charge in [0.15, 0.2) is 34.6 Å². The molecule has 0 amide bonds. The fraction of sp³-hybridized carbons (Fsp3) is 0.250. The van der Waals surface area contributed by atoms with Crippen LogP contribution in [0.1, 0.15) is 41.5 Å². The van der Waals surface area contributed by atoms with Crippen LogP contribution >= 0.6 is 95.6 Å². The first-order valence-corrected chi connectivity index (χ1v) is 25.4. The molecule has 24 nitrogen and oxygen atoms in total. The SMILES string of the molecule is COC(=O)/C=C1\OC(=O)C(C)=C1Br.COC(=O)/C=C1\OC(=O)C(C)=C1Br.COC(=O)/C=C1\OC(=O)C(C)=C1Br.COC(=O)/C=C1\OC(=O)C(C)=C1Br.COC(=O)/C=C1\OC(=O)C(C)=C1Br.COC(=O)/C=C1\OC(=O)C(C)=C1Br. The number of carbonyl (C=O) groups is 12. The number of methoxy groups -OCH3 is 6. The standard InChI is InChI=1S/6C8H7BrO4/c6*1-4-7(9)5(13-8(4)11)3-6(10)12-2/h6*3H,1-2H3/b6*5-3-. The molecular formula is C48H42Br6O24. The summed E-state index contributed by atoms with van der Waals surface area (Å²) < 4.78 is 57.8. The molecule has 0 N–H and O–H groups in total. The predicted molar refractivity (Wildman–Crippen MR) is 287 cm³/mol. The third-order valence-corrected chi connectivity index (χ3v) is 14.9. The molecule has 0 aromatic rings. The van der Waals surface area contributed by atoms with E-state index in [0.29, 0.717) is 60.3 Å².